The van der Waals surface area contributed by atoms with Gasteiger partial charge in [0.15, 0.2) is 0 Å². The number of imide groups is 1. The van der Waals surface area contributed by atoms with Crippen LogP contribution >= 0.6 is 0 Å². The van der Waals surface area contributed by atoms with Crippen LogP contribution in [0, 0.1) is 0 Å². The molecule has 2 heterocycles. The number of nitrogens with zero attached hydrogens (tertiary/aromatic N) is 1. The van der Waals surface area contributed by atoms with Gasteiger partial charge in [-0.15, -0.1) is 0 Å². The summed E-state index contributed by atoms with van der Waals surface area (Å²) in [6.07, 6.45) is 0.482. The van der Waals surface area contributed by atoms with E-state index in [9.17, 15) is 19.2 Å². The summed E-state index contributed by atoms with van der Waals surface area (Å²) in [5.41, 5.74) is 1.34. The summed E-state index contributed by atoms with van der Waals surface area (Å²) in [6, 6.07) is 2.72. The zero-order valence-corrected chi connectivity index (χ0v) is 13.3. The lowest BCUT2D eigenvalue weighted by atomic mass is 10.0. The van der Waals surface area contributed by atoms with Crippen molar-refractivity contribution in [1.82, 2.24) is 10.2 Å². The number of carbonyl (C=O) groups is 4. The standard InChI is InChI=1S/C16H17N3O5/c1-8(20)17-14-11(24-2)5-3-9-7-19(16(23)13(9)14)10-4-6-12(21)18-15(10)22/h3,5,10H,4,6-7H2,1-2H3,(H,17,20)(H,18,21,22). The van der Waals surface area contributed by atoms with Crippen LogP contribution in [-0.2, 0) is 20.9 Å². The highest BCUT2D eigenvalue weighted by molar-refractivity contribution is 6.10. The van der Waals surface area contributed by atoms with Crippen molar-refractivity contribution in [2.75, 3.05) is 12.4 Å². The van der Waals surface area contributed by atoms with Crippen molar-refractivity contribution >= 4 is 29.3 Å². The molecule has 0 aromatic heterocycles. The summed E-state index contributed by atoms with van der Waals surface area (Å²) in [6.45, 7) is 1.59. The van der Waals surface area contributed by atoms with E-state index >= 15 is 0 Å². The summed E-state index contributed by atoms with van der Waals surface area (Å²) in [4.78, 5) is 49.1. The molecule has 2 aliphatic rings. The van der Waals surface area contributed by atoms with E-state index in [2.05, 4.69) is 10.6 Å². The van der Waals surface area contributed by atoms with E-state index < -0.39 is 11.9 Å². The Morgan fingerprint density at radius 3 is 2.71 bits per heavy atom. The number of anilines is 1. The number of nitrogens with one attached hydrogen (secondary N) is 2. The second-order valence-corrected chi connectivity index (χ2v) is 5.76. The first-order chi connectivity index (χ1) is 11.4. The van der Waals surface area contributed by atoms with E-state index in [-0.39, 0.29) is 37.1 Å². The lowest BCUT2D eigenvalue weighted by molar-refractivity contribution is -0.137. The number of ether oxygens (including phenoxy) is 1. The predicted molar refractivity (Wildman–Crippen MR) is 83.3 cm³/mol. The Bertz CT molecular complexity index is 758. The molecule has 1 unspecified atom stereocenters. The summed E-state index contributed by atoms with van der Waals surface area (Å²) in [7, 11) is 1.45. The molecule has 0 saturated carbocycles. The third-order valence-electron chi connectivity index (χ3n) is 4.18. The Morgan fingerprint density at radius 2 is 2.08 bits per heavy atom. The minimum absolute atomic E-state index is 0.193. The van der Waals surface area contributed by atoms with Gasteiger partial charge in [0.1, 0.15) is 11.8 Å². The number of piperidine rings is 1. The summed E-state index contributed by atoms with van der Waals surface area (Å²) in [5.74, 6) is -1.11. The van der Waals surface area contributed by atoms with Gasteiger partial charge in [0.05, 0.1) is 18.4 Å². The van der Waals surface area contributed by atoms with Gasteiger partial charge in [-0.2, -0.15) is 0 Å². The van der Waals surface area contributed by atoms with Crippen LogP contribution in [0.5, 0.6) is 5.75 Å². The van der Waals surface area contributed by atoms with E-state index in [1.807, 2.05) is 0 Å². The third-order valence-corrected chi connectivity index (χ3v) is 4.18. The molecular weight excluding hydrogens is 314 g/mol. The maximum atomic E-state index is 12.8. The second-order valence-electron chi connectivity index (χ2n) is 5.76. The molecule has 0 spiro atoms. The highest BCUT2D eigenvalue weighted by Crippen LogP contribution is 2.38. The monoisotopic (exact) mass is 331 g/mol. The van der Waals surface area contributed by atoms with Crippen molar-refractivity contribution in [3.63, 3.8) is 0 Å². The molecule has 0 radical (unpaired) electrons. The van der Waals surface area contributed by atoms with E-state index in [0.29, 0.717) is 22.6 Å². The normalized spacial score (nSPS) is 19.8. The Kier molecular flexibility index (Phi) is 3.96. The van der Waals surface area contributed by atoms with Crippen molar-refractivity contribution < 1.29 is 23.9 Å². The van der Waals surface area contributed by atoms with E-state index in [0.717, 1.165) is 0 Å². The summed E-state index contributed by atoms with van der Waals surface area (Å²) < 4.78 is 5.23. The fourth-order valence-corrected chi connectivity index (χ4v) is 3.10. The first kappa shape index (κ1) is 16.0. The number of hydrogen-bond acceptors (Lipinski definition) is 5. The fourth-order valence-electron chi connectivity index (χ4n) is 3.10. The van der Waals surface area contributed by atoms with Crippen LogP contribution in [0.15, 0.2) is 12.1 Å². The number of benzene rings is 1. The summed E-state index contributed by atoms with van der Waals surface area (Å²) >= 11 is 0. The molecule has 2 aliphatic heterocycles. The molecule has 1 atom stereocenters. The minimum atomic E-state index is -0.696. The van der Waals surface area contributed by atoms with E-state index in [1.165, 1.54) is 18.9 Å². The maximum absolute atomic E-state index is 12.8. The molecule has 8 nitrogen and oxygen atoms in total. The van der Waals surface area contributed by atoms with Gasteiger partial charge in [0.25, 0.3) is 5.91 Å². The zero-order valence-electron chi connectivity index (χ0n) is 13.3. The van der Waals surface area contributed by atoms with E-state index in [1.54, 1.807) is 12.1 Å². The van der Waals surface area contributed by atoms with Crippen molar-refractivity contribution in [3.05, 3.63) is 23.3 Å². The van der Waals surface area contributed by atoms with Crippen LogP contribution < -0.4 is 15.4 Å². The largest absolute Gasteiger partial charge is 0.495 e. The quantitative estimate of drug-likeness (QED) is 0.781. The van der Waals surface area contributed by atoms with Crippen molar-refractivity contribution in [3.8, 4) is 5.75 Å². The Hall–Kier alpha value is -2.90. The molecule has 1 fully saturated rings. The van der Waals surface area contributed by atoms with Crippen LogP contribution in [0.25, 0.3) is 0 Å². The minimum Gasteiger partial charge on any atom is -0.495 e. The number of fused-ring (bicyclic) bond motifs is 1. The molecule has 4 amide bonds. The molecule has 2 N–H and O–H groups in total. The molecule has 0 bridgehead atoms. The summed E-state index contributed by atoms with van der Waals surface area (Å²) in [5, 5.41) is 4.89. The van der Waals surface area contributed by atoms with Crippen LogP contribution in [0.2, 0.25) is 0 Å². The highest BCUT2D eigenvalue weighted by Gasteiger charge is 2.40. The van der Waals surface area contributed by atoms with Crippen molar-refractivity contribution in [1.29, 1.82) is 0 Å². The first-order valence-corrected chi connectivity index (χ1v) is 7.54. The van der Waals surface area contributed by atoms with E-state index in [4.69, 9.17) is 4.74 Å². The molecule has 126 valence electrons. The Balaban J connectivity index is 1.97. The molecule has 3 rings (SSSR count). The average Bonchev–Trinajstić information content (AvgIpc) is 2.84. The van der Waals surface area contributed by atoms with Crippen molar-refractivity contribution in [2.24, 2.45) is 0 Å². The number of methoxy groups -OCH3 is 1. The molecule has 1 saturated heterocycles. The number of rotatable bonds is 3. The molecule has 1 aromatic rings. The Morgan fingerprint density at radius 1 is 1.33 bits per heavy atom. The van der Waals surface area contributed by atoms with Gasteiger partial charge in [-0.05, 0) is 18.1 Å². The first-order valence-electron chi connectivity index (χ1n) is 7.54. The van der Waals surface area contributed by atoms with Gasteiger partial charge in [-0.1, -0.05) is 6.07 Å². The second kappa shape index (κ2) is 5.95. The smallest absolute Gasteiger partial charge is 0.257 e. The topological polar surface area (TPSA) is 105 Å². The van der Waals surface area contributed by atoms with Gasteiger partial charge in [-0.25, -0.2) is 0 Å². The molecule has 1 aromatic carbocycles. The Labute approximate surface area is 138 Å². The van der Waals surface area contributed by atoms with Crippen LogP contribution in [0.3, 0.4) is 0 Å². The average molecular weight is 331 g/mol. The fraction of sp³-hybridized carbons (Fsp3) is 0.375. The predicted octanol–water partition coefficient (Wildman–Crippen LogP) is 0.415. The lowest BCUT2D eigenvalue weighted by Gasteiger charge is -2.29. The van der Waals surface area contributed by atoms with Gasteiger partial charge < -0.3 is 15.0 Å². The maximum Gasteiger partial charge on any atom is 0.257 e. The lowest BCUT2D eigenvalue weighted by Crippen LogP contribution is -2.52. The molecule has 0 aliphatic carbocycles. The van der Waals surface area contributed by atoms with Gasteiger partial charge in [0, 0.05) is 19.9 Å². The molecular formula is C16H17N3O5. The molecule has 24 heavy (non-hydrogen) atoms. The van der Waals surface area contributed by atoms with Gasteiger partial charge in [0.2, 0.25) is 17.7 Å². The zero-order chi connectivity index (χ0) is 17.4. The number of hydrogen-bond donors (Lipinski definition) is 2. The van der Waals surface area contributed by atoms with Crippen molar-refractivity contribution in [2.45, 2.75) is 32.4 Å². The highest BCUT2D eigenvalue weighted by atomic mass is 16.5. The van der Waals surface area contributed by atoms with Crippen LogP contribution in [0.1, 0.15) is 35.7 Å². The van der Waals surface area contributed by atoms with Gasteiger partial charge in [-0.3, -0.25) is 24.5 Å². The molecule has 8 heteroatoms. The SMILES string of the molecule is COc1ccc2c(c1NC(C)=O)C(=O)N(C1CCC(=O)NC1=O)C2. The van der Waals surface area contributed by atoms with Gasteiger partial charge >= 0.3 is 0 Å². The number of amides is 4. The van der Waals surface area contributed by atoms with Crippen LogP contribution in [-0.4, -0.2) is 41.7 Å². The van der Waals surface area contributed by atoms with Crippen LogP contribution in [0.4, 0.5) is 5.69 Å². The number of carbonyl (C=O) groups excluding carboxylic acids is 4. The third kappa shape index (κ3) is 2.60.